The molecule has 1 aromatic heterocycles. The van der Waals surface area contributed by atoms with Crippen LogP contribution in [0.3, 0.4) is 0 Å². The van der Waals surface area contributed by atoms with Crippen molar-refractivity contribution in [1.29, 1.82) is 0 Å². The molecule has 1 saturated heterocycles. The van der Waals surface area contributed by atoms with Crippen molar-refractivity contribution >= 4 is 34.5 Å². The van der Waals surface area contributed by atoms with Crippen LogP contribution in [-0.4, -0.2) is 46.3 Å². The van der Waals surface area contributed by atoms with E-state index in [4.69, 9.17) is 9.47 Å². The van der Waals surface area contributed by atoms with E-state index >= 15 is 0 Å². The van der Waals surface area contributed by atoms with Crippen LogP contribution in [0, 0.1) is 19.8 Å². The number of pyridine rings is 1. The predicted molar refractivity (Wildman–Crippen MR) is 146 cm³/mol. The Kier molecular flexibility index (Phi) is 8.06. The summed E-state index contributed by atoms with van der Waals surface area (Å²) >= 11 is 0. The third-order valence-corrected chi connectivity index (χ3v) is 6.43. The predicted octanol–water partition coefficient (Wildman–Crippen LogP) is 4.18. The molecule has 10 heteroatoms. The molecule has 2 heterocycles. The van der Waals surface area contributed by atoms with E-state index in [0.29, 0.717) is 31.0 Å². The number of carbonyl (C=O) groups is 3. The number of rotatable bonds is 7. The van der Waals surface area contributed by atoms with Crippen molar-refractivity contribution in [2.75, 3.05) is 11.4 Å². The number of anilines is 1. The van der Waals surface area contributed by atoms with Gasteiger partial charge in [-0.3, -0.25) is 19.8 Å². The summed E-state index contributed by atoms with van der Waals surface area (Å²) in [6.45, 7) is 9.76. The lowest BCUT2D eigenvalue weighted by atomic mass is 9.97. The number of hydrogen-bond donors (Lipinski definition) is 3. The molecular weight excluding hydrogens is 500 g/mol. The van der Waals surface area contributed by atoms with Gasteiger partial charge in [-0.1, -0.05) is 11.6 Å². The van der Waals surface area contributed by atoms with Gasteiger partial charge in [0.05, 0.1) is 11.4 Å². The number of hydrogen-bond acceptors (Lipinski definition) is 7. The van der Waals surface area contributed by atoms with Crippen molar-refractivity contribution in [2.45, 2.75) is 59.3 Å². The zero-order valence-corrected chi connectivity index (χ0v) is 22.8. The number of nitrogens with one attached hydrogen (secondary N) is 2. The lowest BCUT2D eigenvalue weighted by Gasteiger charge is -2.25. The number of aromatic nitrogens is 1. The van der Waals surface area contributed by atoms with Gasteiger partial charge < -0.3 is 19.7 Å². The minimum absolute atomic E-state index is 0.304. The van der Waals surface area contributed by atoms with Crippen LogP contribution in [-0.2, 0) is 20.9 Å². The van der Waals surface area contributed by atoms with Crippen LogP contribution in [0.2, 0.25) is 0 Å². The van der Waals surface area contributed by atoms with Crippen molar-refractivity contribution in [2.24, 2.45) is 5.92 Å². The second kappa shape index (κ2) is 11.3. The van der Waals surface area contributed by atoms with Gasteiger partial charge in [-0.15, -0.1) is 0 Å². The first kappa shape index (κ1) is 27.8. The topological polar surface area (TPSA) is 130 Å². The summed E-state index contributed by atoms with van der Waals surface area (Å²) in [6.07, 6.45) is -0.546. The Morgan fingerprint density at radius 1 is 1.13 bits per heavy atom. The number of hydroxylamine groups is 1. The minimum Gasteiger partial charge on any atom is -0.489 e. The molecule has 0 radical (unpaired) electrons. The molecule has 0 spiro atoms. The normalized spacial score (nSPS) is 16.2. The van der Waals surface area contributed by atoms with Gasteiger partial charge in [0.2, 0.25) is 5.91 Å². The molecule has 3 N–H and O–H groups in total. The summed E-state index contributed by atoms with van der Waals surface area (Å²) in [5, 5.41) is 12.7. The molecular formula is C29H34N4O6. The zero-order valence-electron chi connectivity index (χ0n) is 22.8. The lowest BCUT2D eigenvalue weighted by molar-refractivity contribution is -0.135. The van der Waals surface area contributed by atoms with Gasteiger partial charge in [0.15, 0.2) is 0 Å². The first-order chi connectivity index (χ1) is 18.4. The van der Waals surface area contributed by atoms with Gasteiger partial charge >= 0.3 is 6.09 Å². The highest BCUT2D eigenvalue weighted by atomic mass is 16.6. The van der Waals surface area contributed by atoms with E-state index in [1.807, 2.05) is 32.0 Å². The highest BCUT2D eigenvalue weighted by Gasteiger charge is 2.42. The molecule has 0 aliphatic carbocycles. The van der Waals surface area contributed by atoms with Crippen LogP contribution in [0.4, 0.5) is 10.5 Å². The Hall–Kier alpha value is -4.18. The molecule has 0 unspecified atom stereocenters. The Bertz CT molecular complexity index is 1380. The van der Waals surface area contributed by atoms with Gasteiger partial charge in [0.1, 0.15) is 24.0 Å². The summed E-state index contributed by atoms with van der Waals surface area (Å²) in [5.74, 6) is -1.46. The summed E-state index contributed by atoms with van der Waals surface area (Å²) in [5.41, 5.74) is 5.40. The molecule has 1 aliphatic heterocycles. The molecule has 4 rings (SSSR count). The van der Waals surface area contributed by atoms with Crippen LogP contribution >= 0.6 is 0 Å². The summed E-state index contributed by atoms with van der Waals surface area (Å²) < 4.78 is 11.3. The number of amides is 3. The van der Waals surface area contributed by atoms with Crippen molar-refractivity contribution < 1.29 is 29.1 Å². The number of alkyl carbamates (subject to hydrolysis) is 1. The highest BCUT2D eigenvalue weighted by Crippen LogP contribution is 2.30. The molecule has 2 atom stereocenters. The van der Waals surface area contributed by atoms with Gasteiger partial charge in [-0.25, -0.2) is 10.3 Å². The van der Waals surface area contributed by atoms with Crippen molar-refractivity contribution in [3.63, 3.8) is 0 Å². The molecule has 3 amide bonds. The average molecular weight is 535 g/mol. The standard InChI is InChI=1S/C29H34N4O6/c1-17-6-11-24-23(14-17)19(15-18(2)30-24)16-38-21-9-7-20(8-10-21)33-13-12-22(27(33)35)25(26(34)32-37)31-28(36)39-29(3,4)5/h6-11,14-15,22,25,37H,12-13,16H2,1-5H3,(H,31,36)(H,32,34)/t22-,25+/m1/s1. The number of nitrogens with zero attached hydrogens (tertiary/aromatic N) is 2. The van der Waals surface area contributed by atoms with Gasteiger partial charge in [0, 0.05) is 28.9 Å². The first-order valence-corrected chi connectivity index (χ1v) is 12.8. The quantitative estimate of drug-likeness (QED) is 0.306. The summed E-state index contributed by atoms with van der Waals surface area (Å²) in [7, 11) is 0. The largest absolute Gasteiger partial charge is 0.489 e. The Morgan fingerprint density at radius 3 is 2.51 bits per heavy atom. The molecule has 39 heavy (non-hydrogen) atoms. The fourth-order valence-electron chi connectivity index (χ4n) is 4.68. The number of carbonyl (C=O) groups excluding carboxylic acids is 3. The van der Waals surface area contributed by atoms with E-state index in [1.54, 1.807) is 49.9 Å². The number of aryl methyl sites for hydroxylation is 2. The third kappa shape index (κ3) is 6.64. The number of fused-ring (bicyclic) bond motifs is 1. The second-order valence-electron chi connectivity index (χ2n) is 10.7. The van der Waals surface area contributed by atoms with Crippen LogP contribution in [0.1, 0.15) is 44.0 Å². The lowest BCUT2D eigenvalue weighted by Crippen LogP contribution is -2.53. The van der Waals surface area contributed by atoms with Crippen molar-refractivity contribution in [3.05, 3.63) is 65.4 Å². The Morgan fingerprint density at radius 2 is 1.85 bits per heavy atom. The monoisotopic (exact) mass is 534 g/mol. The molecule has 206 valence electrons. The fourth-order valence-corrected chi connectivity index (χ4v) is 4.68. The highest BCUT2D eigenvalue weighted by molar-refractivity contribution is 6.01. The Labute approximate surface area is 227 Å². The first-order valence-electron chi connectivity index (χ1n) is 12.8. The molecule has 3 aromatic rings. The number of ether oxygens (including phenoxy) is 2. The average Bonchev–Trinajstić information content (AvgIpc) is 3.25. The van der Waals surface area contributed by atoms with E-state index in [1.165, 1.54) is 5.48 Å². The van der Waals surface area contributed by atoms with Crippen LogP contribution < -0.4 is 20.4 Å². The third-order valence-electron chi connectivity index (χ3n) is 6.43. The molecule has 1 fully saturated rings. The summed E-state index contributed by atoms with van der Waals surface area (Å²) in [4.78, 5) is 44.0. The smallest absolute Gasteiger partial charge is 0.408 e. The maximum absolute atomic E-state index is 13.2. The van der Waals surface area contributed by atoms with E-state index in [0.717, 1.165) is 27.7 Å². The molecule has 0 bridgehead atoms. The van der Waals surface area contributed by atoms with Gasteiger partial charge in [0.25, 0.3) is 5.91 Å². The van der Waals surface area contributed by atoms with Crippen molar-refractivity contribution in [1.82, 2.24) is 15.8 Å². The van der Waals surface area contributed by atoms with E-state index < -0.39 is 29.6 Å². The minimum atomic E-state index is -1.28. The van der Waals surface area contributed by atoms with E-state index in [-0.39, 0.29) is 5.91 Å². The van der Waals surface area contributed by atoms with Gasteiger partial charge in [-0.2, -0.15) is 0 Å². The summed E-state index contributed by atoms with van der Waals surface area (Å²) in [6, 6.07) is 14.0. The molecule has 10 nitrogen and oxygen atoms in total. The van der Waals surface area contributed by atoms with E-state index in [9.17, 15) is 19.6 Å². The maximum atomic E-state index is 13.2. The van der Waals surface area contributed by atoms with E-state index in [2.05, 4.69) is 16.4 Å². The fraction of sp³-hybridized carbons (Fsp3) is 0.379. The number of benzene rings is 2. The molecule has 2 aromatic carbocycles. The van der Waals surface area contributed by atoms with Gasteiger partial charge in [-0.05, 0) is 83.5 Å². The van der Waals surface area contributed by atoms with Crippen LogP contribution in [0.25, 0.3) is 10.9 Å². The maximum Gasteiger partial charge on any atom is 0.408 e. The zero-order chi connectivity index (χ0) is 28.3. The van der Waals surface area contributed by atoms with Crippen molar-refractivity contribution in [3.8, 4) is 5.75 Å². The SMILES string of the molecule is Cc1ccc2nc(C)cc(COc3ccc(N4CC[C@H]([C@H](NC(=O)OC(C)(C)C)C(=O)NO)C4=O)cc3)c2c1. The second-order valence-corrected chi connectivity index (χ2v) is 10.7. The molecule has 0 saturated carbocycles. The van der Waals surface area contributed by atoms with Crippen LogP contribution in [0.5, 0.6) is 5.75 Å². The molecule has 1 aliphatic rings. The van der Waals surface area contributed by atoms with Crippen LogP contribution in [0.15, 0.2) is 48.5 Å². The Balaban J connectivity index is 1.44.